The maximum absolute atomic E-state index is 15.9. The van der Waals surface area contributed by atoms with Gasteiger partial charge in [0.1, 0.15) is 11.2 Å². The largest absolute Gasteiger partial charge is 0.396 e. The molecule has 2 spiro atoms. The summed E-state index contributed by atoms with van der Waals surface area (Å²) in [5.74, 6) is -2.08. The first-order valence-corrected chi connectivity index (χ1v) is 15.0. The molecular formula is C31H33Cl2F3N2O3. The van der Waals surface area contributed by atoms with Crippen LogP contribution in [0.4, 0.5) is 18.9 Å². The maximum Gasteiger partial charge on any atom is 0.237 e. The number of alkyl halides is 2. The van der Waals surface area contributed by atoms with E-state index in [-0.39, 0.29) is 54.1 Å². The van der Waals surface area contributed by atoms with E-state index in [4.69, 9.17) is 23.2 Å². The Morgan fingerprint density at radius 3 is 2.37 bits per heavy atom. The van der Waals surface area contributed by atoms with Crippen molar-refractivity contribution in [2.45, 2.75) is 67.9 Å². The number of rotatable bonds is 7. The second kappa shape index (κ2) is 10.5. The molecule has 0 bridgehead atoms. The van der Waals surface area contributed by atoms with Gasteiger partial charge in [0.15, 0.2) is 5.78 Å². The van der Waals surface area contributed by atoms with Crippen molar-refractivity contribution in [2.75, 3.05) is 25.3 Å². The van der Waals surface area contributed by atoms with Gasteiger partial charge in [-0.25, -0.2) is 4.39 Å². The van der Waals surface area contributed by atoms with Crippen molar-refractivity contribution < 1.29 is 27.9 Å². The van der Waals surface area contributed by atoms with Crippen molar-refractivity contribution in [2.24, 2.45) is 17.3 Å². The number of hydrogen-bond acceptors (Lipinski definition) is 4. The Morgan fingerprint density at radius 2 is 1.71 bits per heavy atom. The number of aliphatic hydroxyl groups excluding tert-OH is 1. The van der Waals surface area contributed by atoms with Gasteiger partial charge in [-0.05, 0) is 79.7 Å². The summed E-state index contributed by atoms with van der Waals surface area (Å²) >= 11 is 12.5. The number of ketones is 1. The van der Waals surface area contributed by atoms with Crippen LogP contribution in [0, 0.1) is 23.1 Å². The SMILES string of the molecule is O=C(CC1CCC(CO)CC1)[C@@H]1NC2(CC(CF)(CF)C2)[C@@]2(C(=O)Nc3cc(Cl)ccc32)[C@H]1c1cccc(Cl)c1F. The molecule has 5 nitrogen and oxygen atoms in total. The Hall–Kier alpha value is -2.13. The summed E-state index contributed by atoms with van der Waals surface area (Å²) in [7, 11) is 0. The first-order chi connectivity index (χ1) is 19.6. The third-order valence-corrected chi connectivity index (χ3v) is 10.8. The van der Waals surface area contributed by atoms with Crippen LogP contribution in [0.5, 0.6) is 0 Å². The monoisotopic (exact) mass is 608 g/mol. The number of carbonyl (C=O) groups is 2. The number of amides is 1. The first kappa shape index (κ1) is 29.0. The van der Waals surface area contributed by atoms with E-state index in [2.05, 4.69) is 10.6 Å². The second-order valence-corrected chi connectivity index (χ2v) is 13.5. The molecule has 1 saturated heterocycles. The van der Waals surface area contributed by atoms with Crippen molar-refractivity contribution in [3.8, 4) is 0 Å². The Kier molecular flexibility index (Phi) is 7.45. The summed E-state index contributed by atoms with van der Waals surface area (Å²) in [5.41, 5.74) is -2.98. The van der Waals surface area contributed by atoms with Crippen molar-refractivity contribution in [3.05, 3.63) is 63.4 Å². The third kappa shape index (κ3) is 4.27. The summed E-state index contributed by atoms with van der Waals surface area (Å²) in [4.78, 5) is 28.5. The molecule has 220 valence electrons. The summed E-state index contributed by atoms with van der Waals surface area (Å²) in [5, 5.41) is 16.1. The highest BCUT2D eigenvalue weighted by molar-refractivity contribution is 6.31. The van der Waals surface area contributed by atoms with Crippen LogP contribution >= 0.6 is 23.2 Å². The van der Waals surface area contributed by atoms with Crippen LogP contribution in [-0.4, -0.2) is 48.3 Å². The predicted octanol–water partition coefficient (Wildman–Crippen LogP) is 6.29. The molecule has 3 N–H and O–H groups in total. The van der Waals surface area contributed by atoms with E-state index >= 15 is 4.39 Å². The van der Waals surface area contributed by atoms with Gasteiger partial charge in [0.05, 0.1) is 24.4 Å². The van der Waals surface area contributed by atoms with Crippen LogP contribution < -0.4 is 10.6 Å². The zero-order valence-electron chi connectivity index (χ0n) is 22.5. The molecule has 0 radical (unpaired) electrons. The van der Waals surface area contributed by atoms with Crippen LogP contribution in [-0.2, 0) is 15.0 Å². The van der Waals surface area contributed by atoms with E-state index in [0.717, 1.165) is 25.7 Å². The second-order valence-electron chi connectivity index (χ2n) is 12.6. The maximum atomic E-state index is 15.9. The van der Waals surface area contributed by atoms with E-state index in [0.29, 0.717) is 16.3 Å². The number of carbonyl (C=O) groups excluding carboxylic acids is 2. The molecule has 2 aliphatic heterocycles. The molecule has 2 heterocycles. The number of halogens is 5. The quantitative estimate of drug-likeness (QED) is 0.345. The zero-order valence-corrected chi connectivity index (χ0v) is 24.0. The van der Waals surface area contributed by atoms with Crippen molar-refractivity contribution in [3.63, 3.8) is 0 Å². The normalized spacial score (nSPS) is 31.2. The van der Waals surface area contributed by atoms with Crippen LogP contribution in [0.25, 0.3) is 0 Å². The fourth-order valence-electron chi connectivity index (χ4n) is 8.44. The number of aliphatic hydroxyl groups is 1. The average molecular weight is 610 g/mol. The van der Waals surface area contributed by atoms with Gasteiger partial charge in [-0.3, -0.25) is 23.7 Å². The van der Waals surface area contributed by atoms with E-state index in [1.807, 2.05) is 0 Å². The minimum absolute atomic E-state index is 0.0352. The Bertz CT molecular complexity index is 1370. The molecule has 2 aromatic carbocycles. The van der Waals surface area contributed by atoms with Gasteiger partial charge in [-0.15, -0.1) is 0 Å². The molecule has 2 aliphatic carbocycles. The lowest BCUT2D eigenvalue weighted by molar-refractivity contribution is -0.131. The highest BCUT2D eigenvalue weighted by atomic mass is 35.5. The summed E-state index contributed by atoms with van der Waals surface area (Å²) < 4.78 is 44.5. The lowest BCUT2D eigenvalue weighted by atomic mass is 9.46. The Labute approximate surface area is 247 Å². The van der Waals surface area contributed by atoms with Crippen molar-refractivity contribution in [1.82, 2.24) is 5.32 Å². The molecule has 2 aromatic rings. The molecule has 3 fully saturated rings. The zero-order chi connectivity index (χ0) is 29.2. The minimum atomic E-state index is -1.54. The van der Waals surface area contributed by atoms with Gasteiger partial charge in [0.2, 0.25) is 5.91 Å². The molecule has 2 saturated carbocycles. The van der Waals surface area contributed by atoms with Crippen molar-refractivity contribution in [1.29, 1.82) is 0 Å². The molecule has 3 atom stereocenters. The summed E-state index contributed by atoms with van der Waals surface area (Å²) in [6, 6.07) is 8.47. The van der Waals surface area contributed by atoms with Gasteiger partial charge in [-0.1, -0.05) is 41.4 Å². The summed E-state index contributed by atoms with van der Waals surface area (Å²) in [6.45, 7) is -1.71. The fourth-order valence-corrected chi connectivity index (χ4v) is 8.79. The highest BCUT2D eigenvalue weighted by Gasteiger charge is 2.77. The smallest absolute Gasteiger partial charge is 0.237 e. The van der Waals surface area contributed by atoms with Crippen LogP contribution in [0.3, 0.4) is 0 Å². The van der Waals surface area contributed by atoms with Gasteiger partial charge in [-0.2, -0.15) is 0 Å². The van der Waals surface area contributed by atoms with E-state index in [9.17, 15) is 23.5 Å². The standard InChI is InChI=1S/C31H33Cl2F3N2O3/c32-19-8-9-21-23(11-19)37-28(41)31(21)25(20-2-1-3-22(33)26(20)36)27(38-30(31)13-29(14-30,15-34)16-35)24(40)10-17-4-6-18(12-39)7-5-17/h1-3,8-9,11,17-18,25,27,38-39H,4-7,10,12-16H2,(H,37,41)/t17?,18?,25-,27-,31+/m0/s1. The van der Waals surface area contributed by atoms with E-state index in [1.54, 1.807) is 30.3 Å². The molecule has 6 rings (SSSR count). The highest BCUT2D eigenvalue weighted by Crippen LogP contribution is 2.68. The number of nitrogens with one attached hydrogen (secondary N) is 2. The number of fused-ring (bicyclic) bond motifs is 3. The minimum Gasteiger partial charge on any atom is -0.396 e. The van der Waals surface area contributed by atoms with E-state index < -0.39 is 53.4 Å². The van der Waals surface area contributed by atoms with Crippen LogP contribution in [0.15, 0.2) is 36.4 Å². The number of anilines is 1. The number of Topliss-reactive ketones (excluding diaryl/α,β-unsaturated/α-hetero) is 1. The molecule has 41 heavy (non-hydrogen) atoms. The first-order valence-electron chi connectivity index (χ1n) is 14.2. The Balaban J connectivity index is 1.50. The topological polar surface area (TPSA) is 78.4 Å². The van der Waals surface area contributed by atoms with Crippen LogP contribution in [0.2, 0.25) is 10.0 Å². The Morgan fingerprint density at radius 1 is 1.02 bits per heavy atom. The van der Waals surface area contributed by atoms with E-state index in [1.165, 1.54) is 6.07 Å². The molecule has 0 aromatic heterocycles. The predicted molar refractivity (Wildman–Crippen MR) is 151 cm³/mol. The lowest BCUT2D eigenvalue weighted by Gasteiger charge is -2.59. The molecule has 0 unspecified atom stereocenters. The van der Waals surface area contributed by atoms with Gasteiger partial charge in [0, 0.05) is 40.6 Å². The lowest BCUT2D eigenvalue weighted by Crippen LogP contribution is -2.70. The molecule has 4 aliphatic rings. The average Bonchev–Trinajstić information content (AvgIpc) is 3.41. The number of hydrogen-bond donors (Lipinski definition) is 3. The fraction of sp³-hybridized carbons (Fsp3) is 0.548. The third-order valence-electron chi connectivity index (χ3n) is 10.3. The summed E-state index contributed by atoms with van der Waals surface area (Å²) in [6.07, 6.45) is 3.35. The van der Waals surface area contributed by atoms with Gasteiger partial charge < -0.3 is 10.4 Å². The van der Waals surface area contributed by atoms with Crippen molar-refractivity contribution >= 4 is 40.6 Å². The van der Waals surface area contributed by atoms with Crippen LogP contribution in [0.1, 0.15) is 62.0 Å². The molecular weight excluding hydrogens is 576 g/mol. The van der Waals surface area contributed by atoms with Gasteiger partial charge >= 0.3 is 0 Å². The molecule has 10 heteroatoms. The molecule has 1 amide bonds. The number of benzene rings is 2. The van der Waals surface area contributed by atoms with Gasteiger partial charge in [0.25, 0.3) is 0 Å².